The van der Waals surface area contributed by atoms with E-state index in [4.69, 9.17) is 32.7 Å². The van der Waals surface area contributed by atoms with Gasteiger partial charge in [-0.15, -0.1) is 0 Å². The third-order valence-electron chi connectivity index (χ3n) is 6.00. The van der Waals surface area contributed by atoms with Gasteiger partial charge in [0.25, 0.3) is 0 Å². The fourth-order valence-electron chi connectivity index (χ4n) is 4.01. The smallest absolute Gasteiger partial charge is 0.0897 e. The second kappa shape index (κ2) is 15.0. The van der Waals surface area contributed by atoms with Crippen LogP contribution in [0.2, 0.25) is 10.0 Å². The number of aliphatic hydroxyl groups excluding tert-OH is 2. The van der Waals surface area contributed by atoms with E-state index in [-0.39, 0.29) is 0 Å². The van der Waals surface area contributed by atoms with Crippen LogP contribution in [0.1, 0.15) is 36.8 Å². The minimum atomic E-state index is -0.536. The Balaban J connectivity index is 1.19. The summed E-state index contributed by atoms with van der Waals surface area (Å²) in [7, 11) is 0. The van der Waals surface area contributed by atoms with Gasteiger partial charge in [-0.25, -0.2) is 0 Å². The third-order valence-corrected chi connectivity index (χ3v) is 6.50. The van der Waals surface area contributed by atoms with Gasteiger partial charge >= 0.3 is 0 Å². The Labute approximate surface area is 212 Å². The summed E-state index contributed by atoms with van der Waals surface area (Å²) in [6.45, 7) is 2.56. The maximum Gasteiger partial charge on any atom is 0.0897 e. The summed E-state index contributed by atoms with van der Waals surface area (Å²) < 4.78 is 11.2. The Morgan fingerprint density at radius 1 is 0.676 bits per heavy atom. The van der Waals surface area contributed by atoms with Crippen LogP contribution in [0.25, 0.3) is 0 Å². The summed E-state index contributed by atoms with van der Waals surface area (Å²) in [5.41, 5.74) is 2.07. The molecule has 0 aliphatic heterocycles. The number of benzene rings is 2. The lowest BCUT2D eigenvalue weighted by Gasteiger charge is -2.31. The summed E-state index contributed by atoms with van der Waals surface area (Å²) in [6.07, 6.45) is 3.09. The van der Waals surface area contributed by atoms with E-state index in [9.17, 15) is 10.2 Å². The molecular formula is C26H36Cl2N2O4. The Morgan fingerprint density at radius 3 is 1.38 bits per heavy atom. The first-order valence-corrected chi connectivity index (χ1v) is 12.7. The average Bonchev–Trinajstić information content (AvgIpc) is 2.84. The van der Waals surface area contributed by atoms with E-state index in [0.29, 0.717) is 61.6 Å². The molecule has 188 valence electrons. The second-order valence-electron chi connectivity index (χ2n) is 8.96. The van der Waals surface area contributed by atoms with Crippen molar-refractivity contribution in [2.45, 2.75) is 63.2 Å². The first kappa shape index (κ1) is 27.4. The maximum atomic E-state index is 10.2. The van der Waals surface area contributed by atoms with E-state index in [1.54, 1.807) is 0 Å². The van der Waals surface area contributed by atoms with Gasteiger partial charge in [-0.2, -0.15) is 0 Å². The standard InChI is InChI=1S/C26H36Cl2N2O4/c27-21-5-1-19(2-6-21)15-33-17-25(31)13-29-23-9-11-24(12-10-23)30-14-26(32)18-34-16-20-3-7-22(28)8-4-20/h1-8,23-26,29-32H,9-18H2/t23?,24?,25-,26-/m1/s1. The van der Waals surface area contributed by atoms with Gasteiger partial charge in [0.1, 0.15) is 0 Å². The highest BCUT2D eigenvalue weighted by molar-refractivity contribution is 6.30. The van der Waals surface area contributed by atoms with Gasteiger partial charge in [0.15, 0.2) is 0 Å². The zero-order chi connectivity index (χ0) is 24.2. The lowest BCUT2D eigenvalue weighted by molar-refractivity contribution is 0.0250. The van der Waals surface area contributed by atoms with E-state index >= 15 is 0 Å². The Kier molecular flexibility index (Phi) is 12.1. The normalized spacial score (nSPS) is 20.2. The lowest BCUT2D eigenvalue weighted by atomic mass is 9.91. The topological polar surface area (TPSA) is 83.0 Å². The molecule has 1 aliphatic rings. The first-order chi connectivity index (χ1) is 16.5. The highest BCUT2D eigenvalue weighted by Gasteiger charge is 2.21. The molecule has 0 saturated heterocycles. The molecule has 0 bridgehead atoms. The number of ether oxygens (including phenoxy) is 2. The molecule has 2 aromatic rings. The highest BCUT2D eigenvalue weighted by atomic mass is 35.5. The molecule has 3 rings (SSSR count). The van der Waals surface area contributed by atoms with Crippen LogP contribution in [-0.2, 0) is 22.7 Å². The number of hydrogen-bond donors (Lipinski definition) is 4. The van der Waals surface area contributed by atoms with Crippen molar-refractivity contribution in [3.8, 4) is 0 Å². The Morgan fingerprint density at radius 2 is 1.03 bits per heavy atom. The molecule has 1 fully saturated rings. The van der Waals surface area contributed by atoms with Crippen molar-refractivity contribution < 1.29 is 19.7 Å². The summed E-state index contributed by atoms with van der Waals surface area (Å²) in [5.74, 6) is 0. The lowest BCUT2D eigenvalue weighted by Crippen LogP contribution is -2.44. The SMILES string of the molecule is O[C@H](CNC1CCC(NC[C@@H](O)COCc2ccc(Cl)cc2)CC1)COCc1ccc(Cl)cc1. The summed E-state index contributed by atoms with van der Waals surface area (Å²) in [4.78, 5) is 0. The monoisotopic (exact) mass is 510 g/mol. The molecule has 34 heavy (non-hydrogen) atoms. The summed E-state index contributed by atoms with van der Waals surface area (Å²) >= 11 is 11.8. The minimum absolute atomic E-state index is 0.296. The quantitative estimate of drug-likeness (QED) is 0.308. The Hall–Kier alpha value is -1.22. The fourth-order valence-corrected chi connectivity index (χ4v) is 4.26. The molecule has 1 saturated carbocycles. The van der Waals surface area contributed by atoms with E-state index < -0.39 is 12.2 Å². The number of nitrogens with one attached hydrogen (secondary N) is 2. The molecule has 0 spiro atoms. The highest BCUT2D eigenvalue weighted by Crippen LogP contribution is 2.19. The third kappa shape index (κ3) is 10.6. The number of rotatable bonds is 14. The molecule has 6 nitrogen and oxygen atoms in total. The number of aliphatic hydroxyl groups is 2. The van der Waals surface area contributed by atoms with Gasteiger partial charge in [0.2, 0.25) is 0 Å². The van der Waals surface area contributed by atoms with E-state index in [1.807, 2.05) is 48.5 Å². The second-order valence-corrected chi connectivity index (χ2v) is 9.83. The van der Waals surface area contributed by atoms with Gasteiger partial charge in [-0.05, 0) is 61.1 Å². The molecule has 0 aromatic heterocycles. The van der Waals surface area contributed by atoms with Crippen molar-refractivity contribution in [3.63, 3.8) is 0 Å². The molecule has 4 N–H and O–H groups in total. The van der Waals surface area contributed by atoms with Gasteiger partial charge in [0, 0.05) is 35.2 Å². The van der Waals surface area contributed by atoms with Crippen LogP contribution >= 0.6 is 23.2 Å². The number of hydrogen-bond acceptors (Lipinski definition) is 6. The van der Waals surface area contributed by atoms with Crippen LogP contribution in [-0.4, -0.2) is 60.8 Å². The number of halogens is 2. The molecule has 2 aromatic carbocycles. The van der Waals surface area contributed by atoms with Gasteiger partial charge < -0.3 is 30.3 Å². The Bertz CT molecular complexity index is 745. The molecule has 0 amide bonds. The van der Waals surface area contributed by atoms with E-state index in [2.05, 4.69) is 10.6 Å². The van der Waals surface area contributed by atoms with Crippen LogP contribution < -0.4 is 10.6 Å². The minimum Gasteiger partial charge on any atom is -0.389 e. The van der Waals surface area contributed by atoms with Crippen LogP contribution in [0, 0.1) is 0 Å². The zero-order valence-electron chi connectivity index (χ0n) is 19.5. The van der Waals surface area contributed by atoms with Crippen molar-refractivity contribution in [1.29, 1.82) is 0 Å². The van der Waals surface area contributed by atoms with Crippen molar-refractivity contribution in [1.82, 2.24) is 10.6 Å². The molecule has 0 radical (unpaired) electrons. The van der Waals surface area contributed by atoms with Crippen LogP contribution in [0.3, 0.4) is 0 Å². The van der Waals surface area contributed by atoms with Crippen LogP contribution in [0.15, 0.2) is 48.5 Å². The molecular weight excluding hydrogens is 475 g/mol. The van der Waals surface area contributed by atoms with Crippen molar-refractivity contribution in [3.05, 3.63) is 69.7 Å². The van der Waals surface area contributed by atoms with Crippen molar-refractivity contribution in [2.75, 3.05) is 26.3 Å². The van der Waals surface area contributed by atoms with Gasteiger partial charge in [0.05, 0.1) is 38.6 Å². The molecule has 1 aliphatic carbocycles. The van der Waals surface area contributed by atoms with Crippen molar-refractivity contribution >= 4 is 23.2 Å². The molecule has 8 heteroatoms. The van der Waals surface area contributed by atoms with Crippen LogP contribution in [0.4, 0.5) is 0 Å². The van der Waals surface area contributed by atoms with E-state index in [1.165, 1.54) is 0 Å². The first-order valence-electron chi connectivity index (χ1n) is 11.9. The zero-order valence-corrected chi connectivity index (χ0v) is 21.0. The summed E-state index contributed by atoms with van der Waals surface area (Å²) in [5, 5.41) is 28.7. The molecule has 0 heterocycles. The maximum absolute atomic E-state index is 10.2. The largest absolute Gasteiger partial charge is 0.389 e. The van der Waals surface area contributed by atoms with Gasteiger partial charge in [-0.1, -0.05) is 47.5 Å². The predicted octanol–water partition coefficient (Wildman–Crippen LogP) is 3.94. The van der Waals surface area contributed by atoms with Gasteiger partial charge in [-0.3, -0.25) is 0 Å². The predicted molar refractivity (Wildman–Crippen MR) is 136 cm³/mol. The summed E-state index contributed by atoms with van der Waals surface area (Å²) in [6, 6.07) is 15.8. The van der Waals surface area contributed by atoms with Crippen LogP contribution in [0.5, 0.6) is 0 Å². The van der Waals surface area contributed by atoms with E-state index in [0.717, 1.165) is 36.8 Å². The average molecular weight is 511 g/mol. The fraction of sp³-hybridized carbons (Fsp3) is 0.538. The van der Waals surface area contributed by atoms with Crippen molar-refractivity contribution in [2.24, 2.45) is 0 Å². The molecule has 2 atom stereocenters. The molecule has 0 unspecified atom stereocenters.